The molecule has 100 valence electrons. The number of nitrogens with zero attached hydrogens (tertiary/aromatic N) is 2. The third kappa shape index (κ3) is 1.99. The monoisotopic (exact) mass is 391 g/mol. The molecule has 4 nitrogen and oxygen atoms in total. The van der Waals surface area contributed by atoms with Gasteiger partial charge in [-0.05, 0) is 47.3 Å². The number of carbonyl (C=O) groups excluding carboxylic acids is 1. The molecular weight excluding hydrogens is 380 g/mol. The van der Waals surface area contributed by atoms with Crippen molar-refractivity contribution in [2.75, 3.05) is 13.6 Å². The van der Waals surface area contributed by atoms with Gasteiger partial charge in [-0.25, -0.2) is 4.39 Å². The fourth-order valence-electron chi connectivity index (χ4n) is 2.47. The van der Waals surface area contributed by atoms with E-state index in [-0.39, 0.29) is 17.8 Å². The highest BCUT2D eigenvalue weighted by Gasteiger charge is 2.32. The Hall–Kier alpha value is -0.960. The van der Waals surface area contributed by atoms with Crippen molar-refractivity contribution in [2.45, 2.75) is 12.5 Å². The zero-order chi connectivity index (χ0) is 13.7. The second kappa shape index (κ2) is 4.55. The minimum absolute atomic E-state index is 0.0240. The predicted molar refractivity (Wildman–Crippen MR) is 81.1 cm³/mol. The molecule has 19 heavy (non-hydrogen) atoms. The quantitative estimate of drug-likeness (QED) is 0.600. The Morgan fingerprint density at radius 1 is 1.53 bits per heavy atom. The van der Waals surface area contributed by atoms with Crippen LogP contribution in [0, 0.1) is 14.2 Å². The summed E-state index contributed by atoms with van der Waals surface area (Å²) < 4.78 is 16.5. The molecule has 0 aliphatic carbocycles. The van der Waals surface area contributed by atoms with Crippen LogP contribution in [0.25, 0.3) is 11.0 Å². The standard InChI is InChI=1S/C12H11FIN3OS/c1-16-3-2-9(11(16)18)17-10-4-6(13)7(14)5-8(10)15-12(17)19/h4-5,9H,2-3H2,1H3,(H,15,19). The van der Waals surface area contributed by atoms with Gasteiger partial charge in [0, 0.05) is 19.7 Å². The maximum Gasteiger partial charge on any atom is 0.245 e. The normalized spacial score (nSPS) is 19.6. The summed E-state index contributed by atoms with van der Waals surface area (Å²) in [6.45, 7) is 0.699. The van der Waals surface area contributed by atoms with Crippen molar-refractivity contribution in [3.8, 4) is 0 Å². The van der Waals surface area contributed by atoms with Crippen LogP contribution in [-0.2, 0) is 4.79 Å². The Labute approximate surface area is 127 Å². The van der Waals surface area contributed by atoms with Crippen molar-refractivity contribution in [3.63, 3.8) is 0 Å². The third-order valence-corrected chi connectivity index (χ3v) is 4.59. The number of amides is 1. The van der Waals surface area contributed by atoms with Crippen LogP contribution in [0.5, 0.6) is 0 Å². The number of hydrogen-bond donors (Lipinski definition) is 1. The van der Waals surface area contributed by atoms with Gasteiger partial charge in [-0.15, -0.1) is 0 Å². The number of carbonyl (C=O) groups is 1. The minimum atomic E-state index is -0.328. The molecule has 2 aromatic rings. The van der Waals surface area contributed by atoms with Gasteiger partial charge in [0.1, 0.15) is 11.9 Å². The summed E-state index contributed by atoms with van der Waals surface area (Å²) in [5.74, 6) is -0.273. The molecule has 1 aromatic heterocycles. The van der Waals surface area contributed by atoms with E-state index in [0.29, 0.717) is 26.8 Å². The van der Waals surface area contributed by atoms with Crippen molar-refractivity contribution >= 4 is 51.7 Å². The molecule has 0 bridgehead atoms. The zero-order valence-corrected chi connectivity index (χ0v) is 13.1. The summed E-state index contributed by atoms with van der Waals surface area (Å²) in [4.78, 5) is 16.8. The summed E-state index contributed by atoms with van der Waals surface area (Å²) in [5.41, 5.74) is 1.41. The summed E-state index contributed by atoms with van der Waals surface area (Å²) in [6.07, 6.45) is 0.699. The molecule has 2 heterocycles. The van der Waals surface area contributed by atoms with Crippen LogP contribution in [-0.4, -0.2) is 34.0 Å². The first-order valence-corrected chi connectivity index (χ1v) is 7.32. The second-order valence-corrected chi connectivity index (χ2v) is 6.20. The van der Waals surface area contributed by atoms with Crippen molar-refractivity contribution in [1.29, 1.82) is 0 Å². The van der Waals surface area contributed by atoms with E-state index in [4.69, 9.17) is 12.2 Å². The molecule has 0 saturated carbocycles. The van der Waals surface area contributed by atoms with Gasteiger partial charge in [-0.3, -0.25) is 4.79 Å². The van der Waals surface area contributed by atoms with Gasteiger partial charge >= 0.3 is 0 Å². The molecule has 0 radical (unpaired) electrons. The van der Waals surface area contributed by atoms with Gasteiger partial charge in [0.05, 0.1) is 14.6 Å². The van der Waals surface area contributed by atoms with Crippen LogP contribution < -0.4 is 0 Å². The Morgan fingerprint density at radius 2 is 2.26 bits per heavy atom. The number of aromatic nitrogens is 2. The molecule has 1 aromatic carbocycles. The lowest BCUT2D eigenvalue weighted by molar-refractivity contribution is -0.129. The van der Waals surface area contributed by atoms with E-state index in [1.807, 2.05) is 22.6 Å². The number of imidazole rings is 1. The fraction of sp³-hybridized carbons (Fsp3) is 0.333. The molecule has 1 N–H and O–H groups in total. The number of benzene rings is 1. The number of halogens is 2. The number of rotatable bonds is 1. The number of fused-ring (bicyclic) bond motifs is 1. The number of likely N-dealkylation sites (tertiary alicyclic amines) is 1. The molecule has 7 heteroatoms. The Kier molecular flexibility index (Phi) is 3.12. The van der Waals surface area contributed by atoms with Gasteiger partial charge in [0.15, 0.2) is 4.77 Å². The third-order valence-electron chi connectivity index (χ3n) is 3.47. The van der Waals surface area contributed by atoms with Gasteiger partial charge in [-0.2, -0.15) is 0 Å². The summed E-state index contributed by atoms with van der Waals surface area (Å²) in [6, 6.07) is 2.82. The summed E-state index contributed by atoms with van der Waals surface area (Å²) in [7, 11) is 1.77. The number of likely N-dealkylation sites (N-methyl/N-ethyl adjacent to an activating group) is 1. The van der Waals surface area contributed by atoms with Crippen LogP contribution >= 0.6 is 34.8 Å². The number of hydrogen-bond acceptors (Lipinski definition) is 2. The first-order valence-electron chi connectivity index (χ1n) is 5.83. The van der Waals surface area contributed by atoms with E-state index >= 15 is 0 Å². The molecule has 1 fully saturated rings. The number of H-pyrrole nitrogens is 1. The molecule has 1 unspecified atom stereocenters. The zero-order valence-electron chi connectivity index (χ0n) is 10.1. The number of aromatic amines is 1. The highest BCUT2D eigenvalue weighted by atomic mass is 127. The molecule has 1 saturated heterocycles. The van der Waals surface area contributed by atoms with Crippen molar-refractivity contribution in [2.24, 2.45) is 0 Å². The van der Waals surface area contributed by atoms with Crippen LogP contribution in [0.1, 0.15) is 12.5 Å². The van der Waals surface area contributed by atoms with E-state index in [9.17, 15) is 9.18 Å². The first-order chi connectivity index (χ1) is 8.99. The molecule has 1 atom stereocenters. The van der Waals surface area contributed by atoms with E-state index in [2.05, 4.69) is 4.98 Å². The smallest absolute Gasteiger partial charge is 0.245 e. The number of nitrogens with one attached hydrogen (secondary N) is 1. The molecule has 0 spiro atoms. The van der Waals surface area contributed by atoms with Gasteiger partial charge < -0.3 is 14.5 Å². The first kappa shape index (κ1) is 13.0. The molecule has 1 aliphatic heterocycles. The van der Waals surface area contributed by atoms with E-state index in [1.54, 1.807) is 22.6 Å². The average Bonchev–Trinajstić information content (AvgIpc) is 2.82. The fourth-order valence-corrected chi connectivity index (χ4v) is 3.28. The highest BCUT2D eigenvalue weighted by Crippen LogP contribution is 2.28. The molecule has 3 rings (SSSR count). The van der Waals surface area contributed by atoms with Crippen LogP contribution in [0.15, 0.2) is 12.1 Å². The lowest BCUT2D eigenvalue weighted by atomic mass is 10.2. The Balaban J connectivity index is 2.24. The van der Waals surface area contributed by atoms with E-state index in [1.165, 1.54) is 6.07 Å². The van der Waals surface area contributed by atoms with E-state index < -0.39 is 0 Å². The van der Waals surface area contributed by atoms with Crippen molar-refractivity contribution < 1.29 is 9.18 Å². The van der Waals surface area contributed by atoms with Crippen LogP contribution in [0.4, 0.5) is 4.39 Å². The maximum absolute atomic E-state index is 13.7. The van der Waals surface area contributed by atoms with Crippen molar-refractivity contribution in [3.05, 3.63) is 26.3 Å². The molecule has 1 amide bonds. The van der Waals surface area contributed by atoms with Gasteiger partial charge in [0.25, 0.3) is 0 Å². The minimum Gasteiger partial charge on any atom is -0.344 e. The predicted octanol–water partition coefficient (Wildman–Crippen LogP) is 2.85. The Bertz CT molecular complexity index is 738. The Morgan fingerprint density at radius 3 is 2.89 bits per heavy atom. The van der Waals surface area contributed by atoms with Crippen molar-refractivity contribution in [1.82, 2.24) is 14.5 Å². The van der Waals surface area contributed by atoms with Crippen LogP contribution in [0.3, 0.4) is 0 Å². The summed E-state index contributed by atoms with van der Waals surface area (Å²) >= 11 is 7.22. The van der Waals surface area contributed by atoms with E-state index in [0.717, 1.165) is 5.52 Å². The SMILES string of the molecule is CN1CCC(n2c(=S)[nH]c3cc(I)c(F)cc32)C1=O. The van der Waals surface area contributed by atoms with Gasteiger partial charge in [-0.1, -0.05) is 0 Å². The summed E-state index contributed by atoms with van der Waals surface area (Å²) in [5, 5.41) is 0. The second-order valence-electron chi connectivity index (χ2n) is 4.65. The molecule has 1 aliphatic rings. The maximum atomic E-state index is 13.7. The van der Waals surface area contributed by atoms with Gasteiger partial charge in [0.2, 0.25) is 5.91 Å². The largest absolute Gasteiger partial charge is 0.344 e. The highest BCUT2D eigenvalue weighted by molar-refractivity contribution is 14.1. The molecular formula is C12H11FIN3OS. The lowest BCUT2D eigenvalue weighted by Gasteiger charge is -2.12. The van der Waals surface area contributed by atoms with Crippen LogP contribution in [0.2, 0.25) is 0 Å². The topological polar surface area (TPSA) is 41.0 Å². The average molecular weight is 391 g/mol. The lowest BCUT2D eigenvalue weighted by Crippen LogP contribution is -2.24.